The summed E-state index contributed by atoms with van der Waals surface area (Å²) in [4.78, 5) is 33.7. The Morgan fingerprint density at radius 3 is 2.42 bits per heavy atom. The van der Waals surface area contributed by atoms with Gasteiger partial charge in [0.15, 0.2) is 0 Å². The summed E-state index contributed by atoms with van der Waals surface area (Å²) < 4.78 is 0. The van der Waals surface area contributed by atoms with Crippen LogP contribution in [0, 0.1) is 17.8 Å². The lowest BCUT2D eigenvalue weighted by Gasteiger charge is -2.15. The predicted molar refractivity (Wildman–Crippen MR) is 69.1 cm³/mol. The van der Waals surface area contributed by atoms with Crippen LogP contribution in [-0.4, -0.2) is 29.4 Å². The Bertz CT molecular complexity index is 357. The van der Waals surface area contributed by atoms with Crippen LogP contribution >= 0.6 is 0 Å². The molecule has 2 amide bonds. The molecule has 3 atom stereocenters. The van der Waals surface area contributed by atoms with E-state index in [1.165, 1.54) is 0 Å². The first-order chi connectivity index (χ1) is 8.95. The van der Waals surface area contributed by atoms with Gasteiger partial charge in [0.05, 0.1) is 11.8 Å². The summed E-state index contributed by atoms with van der Waals surface area (Å²) in [7, 11) is 0. The number of hydrogen-bond acceptors (Lipinski definition) is 3. The highest BCUT2D eigenvalue weighted by Gasteiger charge is 2.41. The molecular formula is C13H22N2O4. The van der Waals surface area contributed by atoms with Crippen LogP contribution in [0.2, 0.25) is 0 Å². The summed E-state index contributed by atoms with van der Waals surface area (Å²) in [6.07, 6.45) is 2.82. The molecule has 0 aromatic carbocycles. The van der Waals surface area contributed by atoms with Gasteiger partial charge in [-0.3, -0.25) is 14.4 Å². The molecule has 0 aromatic heterocycles. The molecule has 0 heterocycles. The molecule has 0 bridgehead atoms. The van der Waals surface area contributed by atoms with Crippen LogP contribution in [-0.2, 0) is 14.4 Å². The van der Waals surface area contributed by atoms with Crippen LogP contribution in [0.25, 0.3) is 0 Å². The van der Waals surface area contributed by atoms with Crippen LogP contribution in [0.15, 0.2) is 0 Å². The number of amides is 2. The molecule has 1 unspecified atom stereocenters. The van der Waals surface area contributed by atoms with E-state index in [9.17, 15) is 14.4 Å². The number of nitrogens with two attached hydrogens (primary N) is 1. The zero-order valence-electron chi connectivity index (χ0n) is 11.2. The maximum Gasteiger partial charge on any atom is 0.307 e. The van der Waals surface area contributed by atoms with Crippen molar-refractivity contribution in [2.75, 3.05) is 6.54 Å². The lowest BCUT2D eigenvalue weighted by molar-refractivity contribution is -0.146. The summed E-state index contributed by atoms with van der Waals surface area (Å²) in [5, 5.41) is 11.8. The van der Waals surface area contributed by atoms with Crippen LogP contribution in [0.1, 0.15) is 39.0 Å². The number of carboxylic acid groups (broad SMARTS) is 1. The van der Waals surface area contributed by atoms with Crippen LogP contribution in [0.5, 0.6) is 0 Å². The molecule has 6 nitrogen and oxygen atoms in total. The van der Waals surface area contributed by atoms with Crippen molar-refractivity contribution in [1.29, 1.82) is 0 Å². The van der Waals surface area contributed by atoms with E-state index in [0.29, 0.717) is 31.7 Å². The van der Waals surface area contributed by atoms with E-state index in [1.54, 1.807) is 0 Å². The first-order valence-electron chi connectivity index (χ1n) is 6.74. The summed E-state index contributed by atoms with van der Waals surface area (Å²) in [5.41, 5.74) is 5.00. The first-order valence-corrected chi connectivity index (χ1v) is 6.74. The molecule has 108 valence electrons. The Balaban J connectivity index is 2.45. The van der Waals surface area contributed by atoms with Crippen LogP contribution in [0.4, 0.5) is 0 Å². The number of carboxylic acids is 1. The summed E-state index contributed by atoms with van der Waals surface area (Å²) >= 11 is 0. The van der Waals surface area contributed by atoms with Gasteiger partial charge in [-0.2, -0.15) is 0 Å². The summed E-state index contributed by atoms with van der Waals surface area (Å²) in [6, 6.07) is 0. The first kappa shape index (κ1) is 15.5. The SMILES string of the molecule is CCC1C[C@H](C(=O)NCCCC(N)=O)[C@H](C(=O)O)C1. The molecule has 0 spiro atoms. The maximum absolute atomic E-state index is 12.0. The molecular weight excluding hydrogens is 248 g/mol. The number of nitrogens with one attached hydrogen (secondary N) is 1. The van der Waals surface area contributed by atoms with Gasteiger partial charge in [0, 0.05) is 13.0 Å². The van der Waals surface area contributed by atoms with E-state index in [2.05, 4.69) is 5.32 Å². The van der Waals surface area contributed by atoms with Crippen molar-refractivity contribution >= 4 is 17.8 Å². The van der Waals surface area contributed by atoms with E-state index >= 15 is 0 Å². The van der Waals surface area contributed by atoms with Gasteiger partial charge in [-0.05, 0) is 25.2 Å². The number of carbonyl (C=O) groups excluding carboxylic acids is 2. The number of aliphatic carboxylic acids is 1. The second-order valence-electron chi connectivity index (χ2n) is 5.16. The fourth-order valence-corrected chi connectivity index (χ4v) is 2.64. The molecule has 0 saturated heterocycles. The summed E-state index contributed by atoms with van der Waals surface area (Å²) in [6.45, 7) is 2.37. The molecule has 1 aliphatic rings. The van der Waals surface area contributed by atoms with Gasteiger partial charge in [-0.1, -0.05) is 13.3 Å². The van der Waals surface area contributed by atoms with E-state index in [1.807, 2.05) is 6.92 Å². The minimum Gasteiger partial charge on any atom is -0.481 e. The molecule has 0 aromatic rings. The molecule has 4 N–H and O–H groups in total. The smallest absolute Gasteiger partial charge is 0.307 e. The lowest BCUT2D eigenvalue weighted by Crippen LogP contribution is -2.36. The number of hydrogen-bond donors (Lipinski definition) is 3. The second-order valence-corrected chi connectivity index (χ2v) is 5.16. The third kappa shape index (κ3) is 4.54. The number of carbonyl (C=O) groups is 3. The number of rotatable bonds is 7. The fourth-order valence-electron chi connectivity index (χ4n) is 2.64. The normalized spacial score (nSPS) is 26.1. The Morgan fingerprint density at radius 2 is 1.89 bits per heavy atom. The Kier molecular flexibility index (Phi) is 5.79. The van der Waals surface area contributed by atoms with Gasteiger partial charge in [0.1, 0.15) is 0 Å². The van der Waals surface area contributed by atoms with Crippen LogP contribution in [0.3, 0.4) is 0 Å². The van der Waals surface area contributed by atoms with Crippen molar-refractivity contribution < 1.29 is 19.5 Å². The van der Waals surface area contributed by atoms with Crippen molar-refractivity contribution in [3.05, 3.63) is 0 Å². The maximum atomic E-state index is 12.0. The monoisotopic (exact) mass is 270 g/mol. The molecule has 19 heavy (non-hydrogen) atoms. The largest absolute Gasteiger partial charge is 0.481 e. The third-order valence-electron chi connectivity index (χ3n) is 3.79. The zero-order valence-corrected chi connectivity index (χ0v) is 11.2. The van der Waals surface area contributed by atoms with Crippen molar-refractivity contribution in [2.24, 2.45) is 23.5 Å². The summed E-state index contributed by atoms with van der Waals surface area (Å²) in [5.74, 6) is -2.23. The van der Waals surface area contributed by atoms with Gasteiger partial charge in [0.25, 0.3) is 0 Å². The Morgan fingerprint density at radius 1 is 1.26 bits per heavy atom. The van der Waals surface area contributed by atoms with Gasteiger partial charge in [-0.25, -0.2) is 0 Å². The minimum atomic E-state index is -0.895. The van der Waals surface area contributed by atoms with Crippen LogP contribution < -0.4 is 11.1 Å². The molecule has 1 saturated carbocycles. The molecule has 6 heteroatoms. The van der Waals surface area contributed by atoms with E-state index in [4.69, 9.17) is 10.8 Å². The van der Waals surface area contributed by atoms with Crippen molar-refractivity contribution in [2.45, 2.75) is 39.0 Å². The van der Waals surface area contributed by atoms with Gasteiger partial charge in [-0.15, -0.1) is 0 Å². The van der Waals surface area contributed by atoms with Crippen molar-refractivity contribution in [1.82, 2.24) is 5.32 Å². The Hall–Kier alpha value is -1.59. The molecule has 1 fully saturated rings. The topological polar surface area (TPSA) is 109 Å². The van der Waals surface area contributed by atoms with E-state index in [-0.39, 0.29) is 12.3 Å². The average Bonchev–Trinajstić information content (AvgIpc) is 2.78. The molecule has 1 rings (SSSR count). The molecule has 0 aliphatic heterocycles. The molecule has 0 radical (unpaired) electrons. The highest BCUT2D eigenvalue weighted by Crippen LogP contribution is 2.38. The number of primary amides is 1. The molecule has 1 aliphatic carbocycles. The quantitative estimate of drug-likeness (QED) is 0.585. The zero-order chi connectivity index (χ0) is 14.4. The lowest BCUT2D eigenvalue weighted by atomic mass is 9.95. The minimum absolute atomic E-state index is 0.215. The Labute approximate surface area is 112 Å². The van der Waals surface area contributed by atoms with Crippen molar-refractivity contribution in [3.63, 3.8) is 0 Å². The van der Waals surface area contributed by atoms with Gasteiger partial charge in [0.2, 0.25) is 11.8 Å². The van der Waals surface area contributed by atoms with E-state index < -0.39 is 23.7 Å². The van der Waals surface area contributed by atoms with Crippen molar-refractivity contribution in [3.8, 4) is 0 Å². The second kappa shape index (κ2) is 7.11. The highest BCUT2D eigenvalue weighted by atomic mass is 16.4. The highest BCUT2D eigenvalue weighted by molar-refractivity contribution is 5.85. The third-order valence-corrected chi connectivity index (χ3v) is 3.79. The van der Waals surface area contributed by atoms with E-state index in [0.717, 1.165) is 6.42 Å². The fraction of sp³-hybridized carbons (Fsp3) is 0.769. The van der Waals surface area contributed by atoms with Gasteiger partial charge >= 0.3 is 5.97 Å². The van der Waals surface area contributed by atoms with Gasteiger partial charge < -0.3 is 16.2 Å². The standard InChI is InChI=1S/C13H22N2O4/c1-2-8-6-9(10(7-8)13(18)19)12(17)15-5-3-4-11(14)16/h8-10H,2-7H2,1H3,(H2,14,16)(H,15,17)(H,18,19)/t8?,9-,10+/m0/s1. The average molecular weight is 270 g/mol. The predicted octanol–water partition coefficient (Wildman–Crippen LogP) is 0.505.